The third-order valence-corrected chi connectivity index (χ3v) is 2.59. The molecule has 0 aromatic heterocycles. The number of nitrogens with zero attached hydrogens (tertiary/aromatic N) is 1. The van der Waals surface area contributed by atoms with Gasteiger partial charge in [0.05, 0.1) is 6.61 Å². The van der Waals surface area contributed by atoms with Gasteiger partial charge in [-0.05, 0) is 39.8 Å². The average Bonchev–Trinajstić information content (AvgIpc) is 2.21. The second-order valence-corrected chi connectivity index (χ2v) is 3.47. The Morgan fingerprint density at radius 1 is 1.43 bits per heavy atom. The van der Waals surface area contributed by atoms with Crippen molar-refractivity contribution in [3.8, 4) is 0 Å². The molecule has 0 aromatic carbocycles. The first-order chi connectivity index (χ1) is 6.79. The van der Waals surface area contributed by atoms with Crippen molar-refractivity contribution in [2.24, 2.45) is 0 Å². The summed E-state index contributed by atoms with van der Waals surface area (Å²) >= 11 is 0. The van der Waals surface area contributed by atoms with Crippen LogP contribution in [-0.2, 0) is 4.74 Å². The minimum Gasteiger partial charge on any atom is -0.450 e. The fraction of sp³-hybridized carbons (Fsp3) is 0.900. The second-order valence-electron chi connectivity index (χ2n) is 3.47. The van der Waals surface area contributed by atoms with Gasteiger partial charge in [-0.15, -0.1) is 0 Å². The predicted octanol–water partition coefficient (Wildman–Crippen LogP) is 1.22. The van der Waals surface area contributed by atoms with Crippen LogP contribution in [0.25, 0.3) is 0 Å². The van der Waals surface area contributed by atoms with E-state index in [-0.39, 0.29) is 6.09 Å². The van der Waals surface area contributed by atoms with E-state index < -0.39 is 0 Å². The average molecular weight is 200 g/mol. The monoisotopic (exact) mass is 200 g/mol. The number of rotatable bonds is 3. The van der Waals surface area contributed by atoms with E-state index in [0.29, 0.717) is 12.6 Å². The van der Waals surface area contributed by atoms with E-state index in [1.807, 2.05) is 18.7 Å². The summed E-state index contributed by atoms with van der Waals surface area (Å²) in [6, 6.07) is 0.361. The van der Waals surface area contributed by atoms with E-state index in [1.54, 1.807) is 0 Å². The molecule has 0 radical (unpaired) electrons. The Kier molecular flexibility index (Phi) is 4.73. The summed E-state index contributed by atoms with van der Waals surface area (Å²) in [5.74, 6) is 0. The summed E-state index contributed by atoms with van der Waals surface area (Å²) < 4.78 is 5.01. The first kappa shape index (κ1) is 11.3. The number of hydrogen-bond donors (Lipinski definition) is 1. The Bertz CT molecular complexity index is 179. The van der Waals surface area contributed by atoms with E-state index >= 15 is 0 Å². The van der Waals surface area contributed by atoms with Crippen LogP contribution in [0.15, 0.2) is 0 Å². The van der Waals surface area contributed by atoms with Gasteiger partial charge in [-0.1, -0.05) is 0 Å². The van der Waals surface area contributed by atoms with Gasteiger partial charge >= 0.3 is 6.09 Å². The molecule has 1 rings (SSSR count). The van der Waals surface area contributed by atoms with Crippen LogP contribution in [0.4, 0.5) is 4.79 Å². The molecule has 14 heavy (non-hydrogen) atoms. The molecule has 1 amide bonds. The molecule has 1 fully saturated rings. The molecule has 1 aliphatic rings. The molecule has 1 aliphatic heterocycles. The van der Waals surface area contributed by atoms with Crippen LogP contribution >= 0.6 is 0 Å². The largest absolute Gasteiger partial charge is 0.450 e. The Balaban J connectivity index is 2.46. The highest BCUT2D eigenvalue weighted by atomic mass is 16.6. The highest BCUT2D eigenvalue weighted by Gasteiger charge is 2.24. The second kappa shape index (κ2) is 5.86. The number of carbonyl (C=O) groups is 1. The SMILES string of the molecule is CCOC(=O)N(CC)C1CCNCC1. The van der Waals surface area contributed by atoms with Crippen molar-refractivity contribution in [1.29, 1.82) is 0 Å². The number of carbonyl (C=O) groups excluding carboxylic acids is 1. The van der Waals surface area contributed by atoms with Gasteiger partial charge < -0.3 is 15.0 Å². The summed E-state index contributed by atoms with van der Waals surface area (Å²) in [6.45, 7) is 7.04. The topological polar surface area (TPSA) is 41.6 Å². The molecule has 0 spiro atoms. The molecule has 4 heteroatoms. The third kappa shape index (κ3) is 2.87. The quantitative estimate of drug-likeness (QED) is 0.744. The molecule has 0 bridgehead atoms. The van der Waals surface area contributed by atoms with Crippen molar-refractivity contribution in [2.75, 3.05) is 26.2 Å². The Morgan fingerprint density at radius 3 is 2.57 bits per heavy atom. The van der Waals surface area contributed by atoms with Gasteiger partial charge in [0.1, 0.15) is 0 Å². The van der Waals surface area contributed by atoms with E-state index in [1.165, 1.54) is 0 Å². The lowest BCUT2D eigenvalue weighted by atomic mass is 10.1. The third-order valence-electron chi connectivity index (χ3n) is 2.59. The lowest BCUT2D eigenvalue weighted by Crippen LogP contribution is -2.46. The number of hydrogen-bond acceptors (Lipinski definition) is 3. The molecule has 4 nitrogen and oxygen atoms in total. The maximum Gasteiger partial charge on any atom is 0.409 e. The van der Waals surface area contributed by atoms with Crippen molar-refractivity contribution >= 4 is 6.09 Å². The molecular weight excluding hydrogens is 180 g/mol. The van der Waals surface area contributed by atoms with Gasteiger partial charge in [-0.25, -0.2) is 4.79 Å². The maximum atomic E-state index is 11.6. The Morgan fingerprint density at radius 2 is 2.07 bits per heavy atom. The van der Waals surface area contributed by atoms with Gasteiger partial charge in [0.15, 0.2) is 0 Å². The zero-order valence-electron chi connectivity index (χ0n) is 9.08. The van der Waals surface area contributed by atoms with Crippen LogP contribution < -0.4 is 5.32 Å². The predicted molar refractivity (Wildman–Crippen MR) is 55.3 cm³/mol. The molecule has 1 heterocycles. The lowest BCUT2D eigenvalue weighted by Gasteiger charge is -2.32. The smallest absolute Gasteiger partial charge is 0.409 e. The van der Waals surface area contributed by atoms with Crippen molar-refractivity contribution in [3.05, 3.63) is 0 Å². The summed E-state index contributed by atoms with van der Waals surface area (Å²) in [4.78, 5) is 13.4. The van der Waals surface area contributed by atoms with E-state index in [4.69, 9.17) is 4.74 Å². The number of nitrogens with one attached hydrogen (secondary N) is 1. The molecule has 0 unspecified atom stereocenters. The maximum absolute atomic E-state index is 11.6. The molecule has 0 aliphatic carbocycles. The summed E-state index contributed by atoms with van der Waals surface area (Å²) in [6.07, 6.45) is 1.90. The Hall–Kier alpha value is -0.770. The minimum atomic E-state index is -0.165. The zero-order valence-corrected chi connectivity index (χ0v) is 9.08. The van der Waals surface area contributed by atoms with Crippen LogP contribution in [0.2, 0.25) is 0 Å². The fourth-order valence-corrected chi connectivity index (χ4v) is 1.86. The number of ether oxygens (including phenoxy) is 1. The van der Waals surface area contributed by atoms with Crippen molar-refractivity contribution in [1.82, 2.24) is 10.2 Å². The van der Waals surface area contributed by atoms with Crippen molar-refractivity contribution in [3.63, 3.8) is 0 Å². The normalized spacial score (nSPS) is 17.9. The van der Waals surface area contributed by atoms with Crippen LogP contribution in [0.3, 0.4) is 0 Å². The van der Waals surface area contributed by atoms with E-state index in [0.717, 1.165) is 32.5 Å². The molecular formula is C10H20N2O2. The van der Waals surface area contributed by atoms with Crippen LogP contribution in [0.1, 0.15) is 26.7 Å². The molecule has 1 N–H and O–H groups in total. The Labute approximate surface area is 85.6 Å². The number of amides is 1. The molecule has 0 aromatic rings. The lowest BCUT2D eigenvalue weighted by molar-refractivity contribution is 0.0851. The first-order valence-corrected chi connectivity index (χ1v) is 5.43. The minimum absolute atomic E-state index is 0.165. The highest BCUT2D eigenvalue weighted by molar-refractivity contribution is 5.67. The molecule has 0 atom stereocenters. The zero-order chi connectivity index (χ0) is 10.4. The summed E-state index contributed by atoms with van der Waals surface area (Å²) in [5, 5.41) is 3.29. The summed E-state index contributed by atoms with van der Waals surface area (Å²) in [7, 11) is 0. The molecule has 82 valence electrons. The van der Waals surface area contributed by atoms with Crippen LogP contribution in [-0.4, -0.2) is 43.3 Å². The van der Waals surface area contributed by atoms with Crippen LogP contribution in [0, 0.1) is 0 Å². The van der Waals surface area contributed by atoms with Gasteiger partial charge in [-0.3, -0.25) is 0 Å². The van der Waals surface area contributed by atoms with E-state index in [9.17, 15) is 4.79 Å². The van der Waals surface area contributed by atoms with Crippen molar-refractivity contribution < 1.29 is 9.53 Å². The van der Waals surface area contributed by atoms with E-state index in [2.05, 4.69) is 5.32 Å². The van der Waals surface area contributed by atoms with Crippen LogP contribution in [0.5, 0.6) is 0 Å². The van der Waals surface area contributed by atoms with Gasteiger partial charge in [0.25, 0.3) is 0 Å². The van der Waals surface area contributed by atoms with Gasteiger partial charge in [0, 0.05) is 12.6 Å². The van der Waals surface area contributed by atoms with Crippen molar-refractivity contribution in [2.45, 2.75) is 32.7 Å². The van der Waals surface area contributed by atoms with Gasteiger partial charge in [0.2, 0.25) is 0 Å². The standard InChI is InChI=1S/C10H20N2O2/c1-3-12(10(13)14-4-2)9-5-7-11-8-6-9/h9,11H,3-8H2,1-2H3. The number of piperidine rings is 1. The first-order valence-electron chi connectivity index (χ1n) is 5.43. The van der Waals surface area contributed by atoms with Gasteiger partial charge in [-0.2, -0.15) is 0 Å². The molecule has 0 saturated carbocycles. The molecule has 1 saturated heterocycles. The summed E-state index contributed by atoms with van der Waals surface area (Å²) in [5.41, 5.74) is 0. The highest BCUT2D eigenvalue weighted by Crippen LogP contribution is 2.12. The fourth-order valence-electron chi connectivity index (χ4n) is 1.86.